The molecular formula is C11H9IO4. The molecule has 0 fully saturated rings. The Morgan fingerprint density at radius 2 is 2.00 bits per heavy atom. The third kappa shape index (κ3) is 3.03. The van der Waals surface area contributed by atoms with Crippen molar-refractivity contribution in [3.8, 4) is 12.3 Å². The van der Waals surface area contributed by atoms with Crippen molar-refractivity contribution < 1.29 is 16.0 Å². The van der Waals surface area contributed by atoms with Crippen molar-refractivity contribution in [3.63, 3.8) is 0 Å². The first-order valence-electron chi connectivity index (χ1n) is 4.37. The normalized spacial score (nSPS) is 10.0. The molecule has 5 heteroatoms. The molecule has 0 saturated carbocycles. The van der Waals surface area contributed by atoms with Crippen molar-refractivity contribution in [2.24, 2.45) is 0 Å². The summed E-state index contributed by atoms with van der Waals surface area (Å²) in [7, 11) is 0. The highest BCUT2D eigenvalue weighted by molar-refractivity contribution is 14.2. The summed E-state index contributed by atoms with van der Waals surface area (Å²) in [5, 5.41) is 8.67. The standard InChI is InChI=1S/C11H9IO4/c1-2-4-8-5-3-6-9(7-10(13)14)11(8)12(15)16/h1,3,5-6H,4,7H2,(H,13,14). The predicted octanol–water partition coefficient (Wildman–Crippen LogP) is 1.86. The topological polar surface area (TPSA) is 71.4 Å². The van der Waals surface area contributed by atoms with E-state index in [1.807, 2.05) is 0 Å². The number of hydrogen-bond donors (Lipinski definition) is 1. The zero-order chi connectivity index (χ0) is 12.1. The molecule has 1 aromatic rings. The van der Waals surface area contributed by atoms with Crippen LogP contribution in [0.1, 0.15) is 11.1 Å². The van der Waals surface area contributed by atoms with Crippen molar-refractivity contribution in [1.82, 2.24) is 0 Å². The number of carbonyl (C=O) groups is 1. The lowest BCUT2D eigenvalue weighted by atomic mass is 10.1. The molecule has 1 N–H and O–H groups in total. The van der Waals surface area contributed by atoms with E-state index in [4.69, 9.17) is 11.5 Å². The van der Waals surface area contributed by atoms with Gasteiger partial charge < -0.3 is 5.11 Å². The third-order valence-corrected chi connectivity index (χ3v) is 4.21. The molecule has 0 aromatic heterocycles. The fourth-order valence-corrected chi connectivity index (χ4v) is 3.25. The van der Waals surface area contributed by atoms with Crippen LogP contribution in [-0.4, -0.2) is 11.1 Å². The van der Waals surface area contributed by atoms with Gasteiger partial charge in [0.25, 0.3) is 0 Å². The van der Waals surface area contributed by atoms with Gasteiger partial charge in [-0.2, -0.15) is 0 Å². The summed E-state index contributed by atoms with van der Waals surface area (Å²) in [5.74, 6) is 1.30. The lowest BCUT2D eigenvalue weighted by Gasteiger charge is -2.04. The number of benzene rings is 1. The highest BCUT2D eigenvalue weighted by atomic mass is 127. The van der Waals surface area contributed by atoms with E-state index >= 15 is 0 Å². The van der Waals surface area contributed by atoms with E-state index in [0.29, 0.717) is 11.1 Å². The first-order valence-corrected chi connectivity index (χ1v) is 7.21. The molecule has 1 rings (SSSR count). The fourth-order valence-electron chi connectivity index (χ4n) is 1.38. The summed E-state index contributed by atoms with van der Waals surface area (Å²) in [6.07, 6.45) is 5.02. The van der Waals surface area contributed by atoms with Crippen molar-refractivity contribution in [2.45, 2.75) is 12.8 Å². The van der Waals surface area contributed by atoms with Crippen molar-refractivity contribution >= 4 is 25.8 Å². The second kappa shape index (κ2) is 5.61. The number of hydrogen-bond acceptors (Lipinski definition) is 3. The molecule has 0 atom stereocenters. The maximum atomic E-state index is 11.2. The Morgan fingerprint density at radius 1 is 1.38 bits per heavy atom. The molecule has 4 nitrogen and oxygen atoms in total. The number of carboxylic acid groups (broad SMARTS) is 1. The van der Waals surface area contributed by atoms with Crippen LogP contribution in [0.15, 0.2) is 18.2 Å². The molecule has 0 radical (unpaired) electrons. The average molecular weight is 332 g/mol. The number of terminal acetylenes is 1. The first kappa shape index (κ1) is 12.6. The fraction of sp³-hybridized carbons (Fsp3) is 0.182. The number of carboxylic acids is 1. The molecule has 0 saturated heterocycles. The van der Waals surface area contributed by atoms with Crippen LogP contribution in [0.2, 0.25) is 0 Å². The highest BCUT2D eigenvalue weighted by Gasteiger charge is 2.14. The zero-order valence-corrected chi connectivity index (χ0v) is 10.4. The van der Waals surface area contributed by atoms with Gasteiger partial charge in [-0.15, -0.1) is 12.3 Å². The smallest absolute Gasteiger partial charge is 0.341 e. The molecule has 0 bridgehead atoms. The Labute approximate surface area is 99.8 Å². The van der Waals surface area contributed by atoms with Gasteiger partial charge in [-0.3, -0.25) is 4.79 Å². The Morgan fingerprint density at radius 3 is 2.50 bits per heavy atom. The van der Waals surface area contributed by atoms with Gasteiger partial charge in [-0.05, 0) is 11.1 Å². The Balaban J connectivity index is 3.33. The van der Waals surface area contributed by atoms with Crippen LogP contribution in [0.5, 0.6) is 0 Å². The molecule has 16 heavy (non-hydrogen) atoms. The summed E-state index contributed by atoms with van der Waals surface area (Å²) >= 11 is -3.73. The van der Waals surface area contributed by atoms with E-state index in [1.165, 1.54) is 6.07 Å². The molecule has 1 aromatic carbocycles. The summed E-state index contributed by atoms with van der Waals surface area (Å²) < 4.78 is 22.5. The summed E-state index contributed by atoms with van der Waals surface area (Å²) in [6, 6.07) is 4.73. The molecule has 0 amide bonds. The van der Waals surface area contributed by atoms with Gasteiger partial charge in [-0.1, -0.05) is 18.2 Å². The number of halogens is 1. The maximum absolute atomic E-state index is 11.2. The highest BCUT2D eigenvalue weighted by Crippen LogP contribution is 2.26. The maximum Gasteiger partial charge on any atom is 0.341 e. The van der Waals surface area contributed by atoms with E-state index < -0.39 is 25.8 Å². The van der Waals surface area contributed by atoms with Gasteiger partial charge in [0.15, 0.2) is 0 Å². The van der Waals surface area contributed by atoms with Crippen LogP contribution in [0.25, 0.3) is 0 Å². The largest absolute Gasteiger partial charge is 0.481 e. The van der Waals surface area contributed by atoms with Crippen LogP contribution in [0.3, 0.4) is 0 Å². The minimum absolute atomic E-state index is 0.132. The molecule has 0 spiro atoms. The van der Waals surface area contributed by atoms with Crippen molar-refractivity contribution in [2.75, 3.05) is 0 Å². The molecule has 0 aliphatic heterocycles. The quantitative estimate of drug-likeness (QED) is 0.675. The average Bonchev–Trinajstić information content (AvgIpc) is 2.16. The number of aliphatic carboxylic acids is 1. The zero-order valence-electron chi connectivity index (χ0n) is 8.27. The van der Waals surface area contributed by atoms with Crippen molar-refractivity contribution in [3.05, 3.63) is 32.9 Å². The Bertz CT molecular complexity index is 515. The third-order valence-electron chi connectivity index (χ3n) is 1.95. The van der Waals surface area contributed by atoms with Gasteiger partial charge in [0.05, 0.1) is 9.99 Å². The number of rotatable bonds is 4. The van der Waals surface area contributed by atoms with E-state index in [2.05, 4.69) is 5.92 Å². The van der Waals surface area contributed by atoms with Gasteiger partial charge in [0, 0.05) is 6.42 Å². The minimum atomic E-state index is -3.73. The van der Waals surface area contributed by atoms with Gasteiger partial charge in [0.2, 0.25) is 0 Å². The molecule has 0 unspecified atom stereocenters. The van der Waals surface area contributed by atoms with E-state index in [1.54, 1.807) is 12.1 Å². The van der Waals surface area contributed by atoms with E-state index in [0.717, 1.165) is 0 Å². The molecule has 84 valence electrons. The monoisotopic (exact) mass is 332 g/mol. The summed E-state index contributed by atoms with van der Waals surface area (Å²) in [6.45, 7) is 0. The van der Waals surface area contributed by atoms with Crippen molar-refractivity contribution in [1.29, 1.82) is 0 Å². The minimum Gasteiger partial charge on any atom is -0.481 e. The second-order valence-electron chi connectivity index (χ2n) is 3.06. The lowest BCUT2D eigenvalue weighted by molar-refractivity contribution is -0.136. The van der Waals surface area contributed by atoms with Crippen LogP contribution >= 0.6 is 19.8 Å². The molecular weight excluding hydrogens is 323 g/mol. The SMILES string of the molecule is C#CCc1cccc(CC(=O)O)c1I(=O)=O. The second-order valence-corrected chi connectivity index (χ2v) is 5.38. The van der Waals surface area contributed by atoms with Crippen LogP contribution < -0.4 is 0 Å². The van der Waals surface area contributed by atoms with E-state index in [9.17, 15) is 10.9 Å². The van der Waals surface area contributed by atoms with Gasteiger partial charge in [0.1, 0.15) is 0 Å². The Kier molecular flexibility index (Phi) is 4.43. The Hall–Kier alpha value is -1.42. The molecule has 0 aliphatic rings. The van der Waals surface area contributed by atoms with E-state index in [-0.39, 0.29) is 16.4 Å². The summed E-state index contributed by atoms with van der Waals surface area (Å²) in [5.41, 5.74) is 0.826. The van der Waals surface area contributed by atoms with Gasteiger partial charge >= 0.3 is 25.8 Å². The predicted molar refractivity (Wildman–Crippen MR) is 64.4 cm³/mol. The molecule has 0 aliphatic carbocycles. The van der Waals surface area contributed by atoms with Gasteiger partial charge in [-0.25, -0.2) is 6.14 Å². The first-order chi connectivity index (χ1) is 7.56. The summed E-state index contributed by atoms with van der Waals surface area (Å²) in [4.78, 5) is 10.6. The lowest BCUT2D eigenvalue weighted by Crippen LogP contribution is -2.04. The molecule has 0 heterocycles. The van der Waals surface area contributed by atoms with Crippen LogP contribution in [-0.2, 0) is 23.8 Å². The van der Waals surface area contributed by atoms with Crippen LogP contribution in [0, 0.1) is 15.9 Å². The van der Waals surface area contributed by atoms with Crippen LogP contribution in [0.4, 0.5) is 0 Å².